The molecule has 0 bridgehead atoms. The standard InChI is InChI=1S/C11H13NO3/c13-11(12-9-6-7-14-8-9)15-10-4-2-1-3-5-10/h1-5,9H,6-8H2,(H,12,13)/t9-/m1/s1. The molecule has 1 aromatic rings. The number of carbonyl (C=O) groups is 1. The minimum absolute atomic E-state index is 0.0845. The van der Waals surface area contributed by atoms with E-state index in [1.54, 1.807) is 12.1 Å². The van der Waals surface area contributed by atoms with E-state index in [2.05, 4.69) is 5.32 Å². The van der Waals surface area contributed by atoms with Crippen LogP contribution in [-0.4, -0.2) is 25.3 Å². The van der Waals surface area contributed by atoms with Gasteiger partial charge in [-0.15, -0.1) is 0 Å². The summed E-state index contributed by atoms with van der Waals surface area (Å²) in [7, 11) is 0. The molecule has 0 saturated carbocycles. The van der Waals surface area contributed by atoms with Crippen LogP contribution in [0.2, 0.25) is 0 Å². The van der Waals surface area contributed by atoms with E-state index in [1.807, 2.05) is 18.2 Å². The minimum Gasteiger partial charge on any atom is -0.410 e. The van der Waals surface area contributed by atoms with Crippen LogP contribution in [0.25, 0.3) is 0 Å². The predicted octanol–water partition coefficient (Wildman–Crippen LogP) is 1.56. The van der Waals surface area contributed by atoms with E-state index in [-0.39, 0.29) is 6.04 Å². The summed E-state index contributed by atoms with van der Waals surface area (Å²) in [6.07, 6.45) is 0.431. The zero-order valence-electron chi connectivity index (χ0n) is 8.31. The van der Waals surface area contributed by atoms with Crippen LogP contribution < -0.4 is 10.1 Å². The lowest BCUT2D eigenvalue weighted by molar-refractivity contribution is 0.178. The van der Waals surface area contributed by atoms with Crippen molar-refractivity contribution in [2.45, 2.75) is 12.5 Å². The molecule has 1 aliphatic rings. The molecule has 15 heavy (non-hydrogen) atoms. The summed E-state index contributed by atoms with van der Waals surface area (Å²) >= 11 is 0. The van der Waals surface area contributed by atoms with Gasteiger partial charge in [-0.05, 0) is 18.6 Å². The van der Waals surface area contributed by atoms with Crippen molar-refractivity contribution < 1.29 is 14.3 Å². The molecule has 1 heterocycles. The first-order chi connectivity index (χ1) is 7.34. The number of hydrogen-bond acceptors (Lipinski definition) is 3. The Kier molecular flexibility index (Phi) is 3.19. The van der Waals surface area contributed by atoms with Gasteiger partial charge < -0.3 is 14.8 Å². The summed E-state index contributed by atoms with van der Waals surface area (Å²) in [5.41, 5.74) is 0. The average molecular weight is 207 g/mol. The van der Waals surface area contributed by atoms with Crippen molar-refractivity contribution >= 4 is 6.09 Å². The molecule has 4 nitrogen and oxygen atoms in total. The number of amides is 1. The third-order valence-corrected chi connectivity index (χ3v) is 2.21. The molecule has 1 aliphatic heterocycles. The van der Waals surface area contributed by atoms with Crippen molar-refractivity contribution in [1.82, 2.24) is 5.32 Å². The molecule has 2 rings (SSSR count). The van der Waals surface area contributed by atoms with Crippen LogP contribution in [0, 0.1) is 0 Å². The Labute approximate surface area is 88.2 Å². The van der Waals surface area contributed by atoms with E-state index < -0.39 is 6.09 Å². The lowest BCUT2D eigenvalue weighted by Gasteiger charge is -2.10. The zero-order valence-corrected chi connectivity index (χ0v) is 8.31. The van der Waals surface area contributed by atoms with Gasteiger partial charge in [0.05, 0.1) is 12.6 Å². The van der Waals surface area contributed by atoms with E-state index in [1.165, 1.54) is 0 Å². The molecule has 1 atom stereocenters. The molecule has 1 N–H and O–H groups in total. The maximum Gasteiger partial charge on any atom is 0.412 e. The first-order valence-electron chi connectivity index (χ1n) is 4.96. The Bertz CT molecular complexity index is 320. The smallest absolute Gasteiger partial charge is 0.410 e. The van der Waals surface area contributed by atoms with E-state index in [4.69, 9.17) is 9.47 Å². The Morgan fingerprint density at radius 2 is 2.20 bits per heavy atom. The summed E-state index contributed by atoms with van der Waals surface area (Å²) in [5.74, 6) is 0.550. The number of benzene rings is 1. The van der Waals surface area contributed by atoms with Crippen LogP contribution in [0.1, 0.15) is 6.42 Å². The van der Waals surface area contributed by atoms with Crippen LogP contribution >= 0.6 is 0 Å². The van der Waals surface area contributed by atoms with Gasteiger partial charge >= 0.3 is 6.09 Å². The number of nitrogens with one attached hydrogen (secondary N) is 1. The fourth-order valence-corrected chi connectivity index (χ4v) is 1.44. The molecule has 1 amide bonds. The zero-order chi connectivity index (χ0) is 10.5. The van der Waals surface area contributed by atoms with Crippen molar-refractivity contribution in [1.29, 1.82) is 0 Å². The molecular weight excluding hydrogens is 194 g/mol. The van der Waals surface area contributed by atoms with Gasteiger partial charge in [-0.3, -0.25) is 0 Å². The first-order valence-corrected chi connectivity index (χ1v) is 4.96. The second-order valence-corrected chi connectivity index (χ2v) is 3.41. The Hall–Kier alpha value is -1.55. The highest BCUT2D eigenvalue weighted by molar-refractivity contribution is 5.70. The monoisotopic (exact) mass is 207 g/mol. The summed E-state index contributed by atoms with van der Waals surface area (Å²) < 4.78 is 10.2. The van der Waals surface area contributed by atoms with Gasteiger partial charge in [-0.1, -0.05) is 18.2 Å². The van der Waals surface area contributed by atoms with Crippen molar-refractivity contribution in [3.63, 3.8) is 0 Å². The van der Waals surface area contributed by atoms with Crippen molar-refractivity contribution in [2.24, 2.45) is 0 Å². The SMILES string of the molecule is O=C(N[C@@H]1CCOC1)Oc1ccccc1. The van der Waals surface area contributed by atoms with Crippen LogP contribution in [0.15, 0.2) is 30.3 Å². The van der Waals surface area contributed by atoms with Crippen molar-refractivity contribution in [2.75, 3.05) is 13.2 Å². The summed E-state index contributed by atoms with van der Waals surface area (Å²) in [4.78, 5) is 11.4. The van der Waals surface area contributed by atoms with E-state index in [0.29, 0.717) is 19.0 Å². The third-order valence-electron chi connectivity index (χ3n) is 2.21. The van der Waals surface area contributed by atoms with Crippen LogP contribution in [-0.2, 0) is 4.74 Å². The molecular formula is C11H13NO3. The Morgan fingerprint density at radius 3 is 2.87 bits per heavy atom. The molecule has 1 saturated heterocycles. The third kappa shape index (κ3) is 2.95. The lowest BCUT2D eigenvalue weighted by atomic mass is 10.3. The second kappa shape index (κ2) is 4.79. The van der Waals surface area contributed by atoms with Crippen molar-refractivity contribution in [3.8, 4) is 5.75 Å². The average Bonchev–Trinajstić information content (AvgIpc) is 2.71. The predicted molar refractivity (Wildman–Crippen MR) is 54.8 cm³/mol. The van der Waals surface area contributed by atoms with Crippen molar-refractivity contribution in [3.05, 3.63) is 30.3 Å². The highest BCUT2D eigenvalue weighted by atomic mass is 16.6. The highest BCUT2D eigenvalue weighted by Gasteiger charge is 2.18. The molecule has 0 aromatic heterocycles. The largest absolute Gasteiger partial charge is 0.412 e. The number of hydrogen-bond donors (Lipinski definition) is 1. The van der Waals surface area contributed by atoms with Crippen LogP contribution in [0.5, 0.6) is 5.75 Å². The second-order valence-electron chi connectivity index (χ2n) is 3.41. The van der Waals surface area contributed by atoms with Crippen LogP contribution in [0.4, 0.5) is 4.79 Å². The topological polar surface area (TPSA) is 47.6 Å². The van der Waals surface area contributed by atoms with Gasteiger partial charge in [-0.2, -0.15) is 0 Å². The quantitative estimate of drug-likeness (QED) is 0.800. The maximum absolute atomic E-state index is 11.4. The number of carbonyl (C=O) groups excluding carboxylic acids is 1. The molecule has 4 heteroatoms. The molecule has 1 aromatic carbocycles. The molecule has 0 unspecified atom stereocenters. The first kappa shape index (κ1) is 9.98. The minimum atomic E-state index is -0.420. The van der Waals surface area contributed by atoms with Gasteiger partial charge in [0.2, 0.25) is 0 Å². The summed E-state index contributed by atoms with van der Waals surface area (Å²) in [5, 5.41) is 2.74. The Balaban J connectivity index is 1.82. The highest BCUT2D eigenvalue weighted by Crippen LogP contribution is 2.09. The Morgan fingerprint density at radius 1 is 1.40 bits per heavy atom. The lowest BCUT2D eigenvalue weighted by Crippen LogP contribution is -2.37. The van der Waals surface area contributed by atoms with Gasteiger partial charge in [0.1, 0.15) is 5.75 Å². The number of rotatable bonds is 2. The van der Waals surface area contributed by atoms with Gasteiger partial charge in [0.15, 0.2) is 0 Å². The molecule has 0 aliphatic carbocycles. The van der Waals surface area contributed by atoms with Gasteiger partial charge in [-0.25, -0.2) is 4.79 Å². The van der Waals surface area contributed by atoms with Gasteiger partial charge in [0, 0.05) is 6.61 Å². The molecule has 0 radical (unpaired) electrons. The number of para-hydroxylation sites is 1. The van der Waals surface area contributed by atoms with Crippen LogP contribution in [0.3, 0.4) is 0 Å². The fraction of sp³-hybridized carbons (Fsp3) is 0.364. The number of ether oxygens (including phenoxy) is 2. The molecule has 80 valence electrons. The molecule has 1 fully saturated rings. The fourth-order valence-electron chi connectivity index (χ4n) is 1.44. The van der Waals surface area contributed by atoms with E-state index in [9.17, 15) is 4.79 Å². The maximum atomic E-state index is 11.4. The molecule has 0 spiro atoms. The van der Waals surface area contributed by atoms with E-state index >= 15 is 0 Å². The summed E-state index contributed by atoms with van der Waals surface area (Å²) in [6.45, 7) is 1.28. The normalized spacial score (nSPS) is 19.9. The van der Waals surface area contributed by atoms with E-state index in [0.717, 1.165) is 6.42 Å². The van der Waals surface area contributed by atoms with Gasteiger partial charge in [0.25, 0.3) is 0 Å². The summed E-state index contributed by atoms with van der Waals surface area (Å²) in [6, 6.07) is 9.08.